The van der Waals surface area contributed by atoms with Gasteiger partial charge in [-0.1, -0.05) is 6.07 Å². The number of nitrogens with zero attached hydrogens (tertiary/aromatic N) is 1. The number of fused-ring (bicyclic) bond motifs is 1. The number of sulfone groups is 1. The zero-order valence-electron chi connectivity index (χ0n) is 10.9. The minimum atomic E-state index is -3.36. The third kappa shape index (κ3) is 2.58. The molecule has 1 heterocycles. The van der Waals surface area contributed by atoms with Gasteiger partial charge < -0.3 is 4.98 Å². The predicted octanol–water partition coefficient (Wildman–Crippen LogP) is 3.54. The van der Waals surface area contributed by atoms with Crippen LogP contribution in [0.1, 0.15) is 0 Å². The number of para-hydroxylation sites is 1. The molecule has 0 radical (unpaired) electrons. The summed E-state index contributed by atoms with van der Waals surface area (Å²) in [7, 11) is -3.36. The number of rotatable bonds is 2. The first-order valence-electron chi connectivity index (χ1n) is 6.00. The van der Waals surface area contributed by atoms with Gasteiger partial charge >= 0.3 is 0 Å². The van der Waals surface area contributed by atoms with Crippen molar-refractivity contribution in [2.45, 2.75) is 4.90 Å². The average molecular weight is 369 g/mol. The van der Waals surface area contributed by atoms with Crippen molar-refractivity contribution < 1.29 is 12.8 Å². The number of H-pyrrole nitrogens is 1. The molecule has 7 heteroatoms. The standard InChI is InChI=1S/C14H10BrFN2O2S/c1-21(19,20)12-4-2-3-11-13(12)18-14(17-11)8-5-6-10(16)9(15)7-8/h2-7H,1H3,(H,17,18). The molecule has 1 aromatic heterocycles. The van der Waals surface area contributed by atoms with Gasteiger partial charge in [0.15, 0.2) is 9.84 Å². The molecule has 0 bridgehead atoms. The maximum absolute atomic E-state index is 13.3. The summed E-state index contributed by atoms with van der Waals surface area (Å²) in [6.45, 7) is 0. The van der Waals surface area contributed by atoms with Crippen LogP contribution >= 0.6 is 15.9 Å². The van der Waals surface area contributed by atoms with Crippen molar-refractivity contribution in [3.63, 3.8) is 0 Å². The zero-order chi connectivity index (χ0) is 15.2. The fourth-order valence-electron chi connectivity index (χ4n) is 2.09. The maximum atomic E-state index is 13.3. The molecular weight excluding hydrogens is 359 g/mol. The Balaban J connectivity index is 2.24. The Hall–Kier alpha value is -1.73. The summed E-state index contributed by atoms with van der Waals surface area (Å²) in [5, 5.41) is 0. The van der Waals surface area contributed by atoms with Crippen molar-refractivity contribution >= 4 is 36.8 Å². The van der Waals surface area contributed by atoms with E-state index in [9.17, 15) is 12.8 Å². The predicted molar refractivity (Wildman–Crippen MR) is 82.3 cm³/mol. The second-order valence-corrected chi connectivity index (χ2v) is 7.48. The molecule has 0 atom stereocenters. The molecule has 108 valence electrons. The van der Waals surface area contributed by atoms with Crippen molar-refractivity contribution in [2.24, 2.45) is 0 Å². The van der Waals surface area contributed by atoms with Gasteiger partial charge in [0.2, 0.25) is 0 Å². The Kier molecular flexibility index (Phi) is 3.33. The van der Waals surface area contributed by atoms with E-state index in [0.29, 0.717) is 26.9 Å². The molecule has 3 aromatic rings. The Labute approximate surface area is 129 Å². The number of hydrogen-bond donors (Lipinski definition) is 1. The first kappa shape index (κ1) is 14.2. The van der Waals surface area contributed by atoms with E-state index in [-0.39, 0.29) is 10.7 Å². The summed E-state index contributed by atoms with van der Waals surface area (Å²) in [5.74, 6) is 0.119. The first-order chi connectivity index (χ1) is 9.86. The highest BCUT2D eigenvalue weighted by Crippen LogP contribution is 2.27. The van der Waals surface area contributed by atoms with Gasteiger partial charge in [-0.2, -0.15) is 0 Å². The molecule has 0 aliphatic heterocycles. The molecule has 0 unspecified atom stereocenters. The number of imidazole rings is 1. The lowest BCUT2D eigenvalue weighted by Gasteiger charge is -1.99. The van der Waals surface area contributed by atoms with Crippen LogP contribution < -0.4 is 0 Å². The van der Waals surface area contributed by atoms with E-state index in [4.69, 9.17) is 0 Å². The monoisotopic (exact) mass is 368 g/mol. The molecule has 0 aliphatic carbocycles. The largest absolute Gasteiger partial charge is 0.338 e. The van der Waals surface area contributed by atoms with Crippen LogP contribution in [-0.4, -0.2) is 24.6 Å². The number of nitrogens with one attached hydrogen (secondary N) is 1. The lowest BCUT2D eigenvalue weighted by Crippen LogP contribution is -1.97. The summed E-state index contributed by atoms with van der Waals surface area (Å²) >= 11 is 3.12. The minimum Gasteiger partial charge on any atom is -0.338 e. The van der Waals surface area contributed by atoms with Crippen LogP contribution in [0.4, 0.5) is 4.39 Å². The van der Waals surface area contributed by atoms with E-state index in [1.165, 1.54) is 12.1 Å². The third-order valence-corrected chi connectivity index (χ3v) is 4.80. The third-order valence-electron chi connectivity index (χ3n) is 3.07. The molecule has 4 nitrogen and oxygen atoms in total. The lowest BCUT2D eigenvalue weighted by atomic mass is 10.2. The van der Waals surface area contributed by atoms with Gasteiger partial charge in [-0.3, -0.25) is 0 Å². The molecule has 3 rings (SSSR count). The average Bonchev–Trinajstić information content (AvgIpc) is 2.84. The molecule has 0 fully saturated rings. The highest BCUT2D eigenvalue weighted by Gasteiger charge is 2.16. The Bertz CT molecular complexity index is 951. The second kappa shape index (κ2) is 4.92. The Morgan fingerprint density at radius 1 is 1.24 bits per heavy atom. The van der Waals surface area contributed by atoms with E-state index in [1.807, 2.05) is 0 Å². The first-order valence-corrected chi connectivity index (χ1v) is 8.69. The van der Waals surface area contributed by atoms with Gasteiger partial charge in [0.05, 0.1) is 14.9 Å². The van der Waals surface area contributed by atoms with Crippen molar-refractivity contribution in [3.05, 3.63) is 46.7 Å². The van der Waals surface area contributed by atoms with Crippen LogP contribution in [0, 0.1) is 5.82 Å². The van der Waals surface area contributed by atoms with Crippen molar-refractivity contribution in [1.29, 1.82) is 0 Å². The van der Waals surface area contributed by atoms with Crippen molar-refractivity contribution in [2.75, 3.05) is 6.26 Å². The zero-order valence-corrected chi connectivity index (χ0v) is 13.3. The SMILES string of the molecule is CS(=O)(=O)c1cccc2[nH]c(-c3ccc(F)c(Br)c3)nc12. The van der Waals surface area contributed by atoms with Gasteiger partial charge in [-0.15, -0.1) is 0 Å². The van der Waals surface area contributed by atoms with Gasteiger partial charge in [0, 0.05) is 11.8 Å². The van der Waals surface area contributed by atoms with Gasteiger partial charge in [-0.05, 0) is 46.3 Å². The highest BCUT2D eigenvalue weighted by atomic mass is 79.9. The number of halogens is 2. The fraction of sp³-hybridized carbons (Fsp3) is 0.0714. The van der Waals surface area contributed by atoms with Gasteiger partial charge in [0.1, 0.15) is 17.2 Å². The van der Waals surface area contributed by atoms with Gasteiger partial charge in [0.25, 0.3) is 0 Å². The summed E-state index contributed by atoms with van der Waals surface area (Å²) < 4.78 is 37.2. The molecular formula is C14H10BrFN2O2S. The lowest BCUT2D eigenvalue weighted by molar-refractivity contribution is 0.602. The molecule has 0 spiro atoms. The summed E-state index contributed by atoms with van der Waals surface area (Å²) in [5.41, 5.74) is 1.67. The van der Waals surface area contributed by atoms with Crippen LogP contribution in [0.3, 0.4) is 0 Å². The number of aromatic nitrogens is 2. The van der Waals surface area contributed by atoms with E-state index in [2.05, 4.69) is 25.9 Å². The minimum absolute atomic E-state index is 0.170. The van der Waals surface area contributed by atoms with Crippen molar-refractivity contribution in [1.82, 2.24) is 9.97 Å². The summed E-state index contributed by atoms with van der Waals surface area (Å²) in [6.07, 6.45) is 1.14. The van der Waals surface area contributed by atoms with Crippen LogP contribution in [-0.2, 0) is 9.84 Å². The maximum Gasteiger partial charge on any atom is 0.177 e. The Morgan fingerprint density at radius 3 is 2.67 bits per heavy atom. The quantitative estimate of drug-likeness (QED) is 0.752. The topological polar surface area (TPSA) is 62.8 Å². The number of hydrogen-bond acceptors (Lipinski definition) is 3. The van der Waals surface area contributed by atoms with Crippen molar-refractivity contribution in [3.8, 4) is 11.4 Å². The summed E-state index contributed by atoms with van der Waals surface area (Å²) in [4.78, 5) is 7.56. The Morgan fingerprint density at radius 2 is 2.00 bits per heavy atom. The van der Waals surface area contributed by atoms with E-state index < -0.39 is 9.84 Å². The number of benzene rings is 2. The van der Waals surface area contributed by atoms with Crippen LogP contribution in [0.15, 0.2) is 45.8 Å². The second-order valence-electron chi connectivity index (χ2n) is 4.64. The highest BCUT2D eigenvalue weighted by molar-refractivity contribution is 9.10. The normalized spacial score (nSPS) is 12.0. The molecule has 0 saturated heterocycles. The fourth-order valence-corrected chi connectivity index (χ4v) is 3.30. The van der Waals surface area contributed by atoms with Crippen LogP contribution in [0.5, 0.6) is 0 Å². The summed E-state index contributed by atoms with van der Waals surface area (Å²) in [6, 6.07) is 9.42. The molecule has 0 saturated carbocycles. The van der Waals surface area contributed by atoms with E-state index >= 15 is 0 Å². The van der Waals surface area contributed by atoms with Gasteiger partial charge in [-0.25, -0.2) is 17.8 Å². The smallest absolute Gasteiger partial charge is 0.177 e. The molecule has 0 aliphatic rings. The molecule has 2 aromatic carbocycles. The molecule has 1 N–H and O–H groups in total. The van der Waals surface area contributed by atoms with E-state index in [0.717, 1.165) is 6.26 Å². The van der Waals surface area contributed by atoms with Crippen LogP contribution in [0.25, 0.3) is 22.4 Å². The van der Waals surface area contributed by atoms with E-state index in [1.54, 1.807) is 24.3 Å². The molecule has 0 amide bonds. The van der Waals surface area contributed by atoms with Crippen LogP contribution in [0.2, 0.25) is 0 Å². The molecule has 21 heavy (non-hydrogen) atoms. The number of aromatic amines is 1.